The molecule has 0 spiro atoms. The van der Waals surface area contributed by atoms with Gasteiger partial charge in [0.2, 0.25) is 0 Å². The molecule has 94 valence electrons. The van der Waals surface area contributed by atoms with E-state index in [0.29, 0.717) is 5.84 Å². The standard InChI is InChI=1S/C13H16N4O/c1-15-13-11(6-7-16-13)17-12(14)10-5-3-2-4-9(10)8-18/h2-7,15-16,18H,8H2,1H3,(H2,14,17). The highest BCUT2D eigenvalue weighted by molar-refractivity contribution is 6.00. The molecule has 0 amide bonds. The van der Waals surface area contributed by atoms with Gasteiger partial charge in [-0.05, 0) is 11.6 Å². The first-order valence-corrected chi connectivity index (χ1v) is 5.64. The van der Waals surface area contributed by atoms with E-state index in [2.05, 4.69) is 15.3 Å². The SMILES string of the molecule is CNc1[nH]ccc1N=C(N)c1ccccc1CO. The first-order chi connectivity index (χ1) is 8.76. The van der Waals surface area contributed by atoms with E-state index in [4.69, 9.17) is 5.73 Å². The molecule has 0 aliphatic rings. The number of aromatic amines is 1. The van der Waals surface area contributed by atoms with Crippen LogP contribution in [0.15, 0.2) is 41.5 Å². The largest absolute Gasteiger partial charge is 0.392 e. The number of aliphatic hydroxyl groups excluding tert-OH is 1. The van der Waals surface area contributed by atoms with Gasteiger partial charge >= 0.3 is 0 Å². The van der Waals surface area contributed by atoms with Crippen LogP contribution in [0.5, 0.6) is 0 Å². The Morgan fingerprint density at radius 1 is 1.39 bits per heavy atom. The molecule has 5 nitrogen and oxygen atoms in total. The van der Waals surface area contributed by atoms with Crippen LogP contribution in [0.4, 0.5) is 11.5 Å². The van der Waals surface area contributed by atoms with Gasteiger partial charge in [0.25, 0.3) is 0 Å². The van der Waals surface area contributed by atoms with Crippen molar-refractivity contribution in [3.8, 4) is 0 Å². The second-order valence-electron chi connectivity index (χ2n) is 3.80. The van der Waals surface area contributed by atoms with Gasteiger partial charge < -0.3 is 21.1 Å². The van der Waals surface area contributed by atoms with Crippen molar-refractivity contribution in [1.82, 2.24) is 4.98 Å². The molecule has 0 unspecified atom stereocenters. The van der Waals surface area contributed by atoms with Crippen LogP contribution < -0.4 is 11.1 Å². The molecule has 1 aromatic heterocycles. The highest BCUT2D eigenvalue weighted by atomic mass is 16.3. The van der Waals surface area contributed by atoms with Gasteiger partial charge in [0.15, 0.2) is 0 Å². The summed E-state index contributed by atoms with van der Waals surface area (Å²) in [6, 6.07) is 9.23. The molecule has 5 N–H and O–H groups in total. The summed E-state index contributed by atoms with van der Waals surface area (Å²) < 4.78 is 0. The van der Waals surface area contributed by atoms with E-state index in [9.17, 15) is 5.11 Å². The van der Waals surface area contributed by atoms with Crippen molar-refractivity contribution < 1.29 is 5.11 Å². The molecule has 1 heterocycles. The van der Waals surface area contributed by atoms with E-state index < -0.39 is 0 Å². The van der Waals surface area contributed by atoms with Crippen molar-refractivity contribution in [3.05, 3.63) is 47.7 Å². The zero-order valence-corrected chi connectivity index (χ0v) is 10.1. The van der Waals surface area contributed by atoms with Gasteiger partial charge in [-0.15, -0.1) is 0 Å². The maximum absolute atomic E-state index is 9.27. The Labute approximate surface area is 105 Å². The zero-order valence-electron chi connectivity index (χ0n) is 10.1. The molecule has 1 aromatic carbocycles. The van der Waals surface area contributed by atoms with Crippen molar-refractivity contribution in [1.29, 1.82) is 0 Å². The number of hydrogen-bond acceptors (Lipinski definition) is 3. The number of nitrogens with one attached hydrogen (secondary N) is 2. The van der Waals surface area contributed by atoms with E-state index >= 15 is 0 Å². The number of H-pyrrole nitrogens is 1. The third-order valence-corrected chi connectivity index (χ3v) is 2.68. The fraction of sp³-hybridized carbons (Fsp3) is 0.154. The summed E-state index contributed by atoms with van der Waals surface area (Å²) in [6.45, 7) is -0.0571. The van der Waals surface area contributed by atoms with E-state index in [-0.39, 0.29) is 6.61 Å². The second-order valence-corrected chi connectivity index (χ2v) is 3.80. The molecule has 0 saturated carbocycles. The van der Waals surface area contributed by atoms with E-state index in [1.54, 1.807) is 6.20 Å². The van der Waals surface area contributed by atoms with Gasteiger partial charge in [0.05, 0.1) is 6.61 Å². The van der Waals surface area contributed by atoms with E-state index in [1.165, 1.54) is 0 Å². The Hall–Kier alpha value is -2.27. The van der Waals surface area contributed by atoms with E-state index in [0.717, 1.165) is 22.6 Å². The second kappa shape index (κ2) is 5.37. The van der Waals surface area contributed by atoms with Crippen LogP contribution in [-0.4, -0.2) is 23.0 Å². The van der Waals surface area contributed by atoms with Gasteiger partial charge in [-0.1, -0.05) is 24.3 Å². The molecule has 0 aliphatic heterocycles. The molecule has 0 aliphatic carbocycles. The average Bonchev–Trinajstić information content (AvgIpc) is 2.85. The quantitative estimate of drug-likeness (QED) is 0.486. The molecular formula is C13H16N4O. The summed E-state index contributed by atoms with van der Waals surface area (Å²) >= 11 is 0. The van der Waals surface area contributed by atoms with Gasteiger partial charge in [-0.2, -0.15) is 0 Å². The third-order valence-electron chi connectivity index (χ3n) is 2.68. The Kier molecular flexibility index (Phi) is 3.64. The number of benzene rings is 1. The number of aromatic nitrogens is 1. The summed E-state index contributed by atoms with van der Waals surface area (Å²) in [5, 5.41) is 12.3. The van der Waals surface area contributed by atoms with Crippen LogP contribution in [0.1, 0.15) is 11.1 Å². The first-order valence-electron chi connectivity index (χ1n) is 5.64. The minimum atomic E-state index is -0.0571. The zero-order chi connectivity index (χ0) is 13.0. The minimum absolute atomic E-state index is 0.0571. The number of aliphatic hydroxyl groups is 1. The summed E-state index contributed by atoms with van der Waals surface area (Å²) in [7, 11) is 1.81. The molecule has 2 aromatic rings. The molecule has 18 heavy (non-hydrogen) atoms. The lowest BCUT2D eigenvalue weighted by Crippen LogP contribution is -2.15. The lowest BCUT2D eigenvalue weighted by molar-refractivity contribution is 0.281. The highest BCUT2D eigenvalue weighted by Gasteiger charge is 2.06. The lowest BCUT2D eigenvalue weighted by Gasteiger charge is -2.06. The normalized spacial score (nSPS) is 11.6. The van der Waals surface area contributed by atoms with Gasteiger partial charge in [0.1, 0.15) is 17.3 Å². The number of nitrogens with zero attached hydrogens (tertiary/aromatic N) is 1. The molecule has 0 saturated heterocycles. The Morgan fingerprint density at radius 2 is 2.17 bits per heavy atom. The number of anilines is 1. The maximum atomic E-state index is 9.27. The van der Waals surface area contributed by atoms with Crippen LogP contribution in [0.2, 0.25) is 0 Å². The summed E-state index contributed by atoms with van der Waals surface area (Å²) in [6.07, 6.45) is 1.79. The van der Waals surface area contributed by atoms with E-state index in [1.807, 2.05) is 37.4 Å². The van der Waals surface area contributed by atoms with Crippen molar-refractivity contribution in [2.24, 2.45) is 10.7 Å². The van der Waals surface area contributed by atoms with Gasteiger partial charge in [-0.3, -0.25) is 0 Å². The smallest absolute Gasteiger partial charge is 0.131 e. The number of nitrogens with two attached hydrogens (primary N) is 1. The fourth-order valence-corrected chi connectivity index (χ4v) is 1.75. The lowest BCUT2D eigenvalue weighted by atomic mass is 10.1. The van der Waals surface area contributed by atoms with Crippen molar-refractivity contribution in [2.45, 2.75) is 6.61 Å². The highest BCUT2D eigenvalue weighted by Crippen LogP contribution is 2.23. The fourth-order valence-electron chi connectivity index (χ4n) is 1.75. The monoisotopic (exact) mass is 244 g/mol. The molecule has 0 atom stereocenters. The van der Waals surface area contributed by atoms with Gasteiger partial charge in [0, 0.05) is 18.8 Å². The summed E-state index contributed by atoms with van der Waals surface area (Å²) in [4.78, 5) is 7.38. The van der Waals surface area contributed by atoms with Crippen LogP contribution in [0.3, 0.4) is 0 Å². The summed E-state index contributed by atoms with van der Waals surface area (Å²) in [5.74, 6) is 1.19. The van der Waals surface area contributed by atoms with Crippen LogP contribution in [-0.2, 0) is 6.61 Å². The number of aliphatic imine (C=N–C) groups is 1. The van der Waals surface area contributed by atoms with Crippen molar-refractivity contribution >= 4 is 17.3 Å². The first kappa shape index (κ1) is 12.2. The van der Waals surface area contributed by atoms with Crippen LogP contribution >= 0.6 is 0 Å². The topological polar surface area (TPSA) is 86.4 Å². The molecule has 2 rings (SSSR count). The molecule has 5 heteroatoms. The molecule has 0 bridgehead atoms. The predicted octanol–water partition coefficient (Wildman–Crippen LogP) is 1.59. The van der Waals surface area contributed by atoms with Crippen LogP contribution in [0, 0.1) is 0 Å². The Balaban J connectivity index is 2.39. The van der Waals surface area contributed by atoms with Crippen LogP contribution in [0.25, 0.3) is 0 Å². The molecular weight excluding hydrogens is 228 g/mol. The predicted molar refractivity (Wildman–Crippen MR) is 73.1 cm³/mol. The third kappa shape index (κ3) is 2.36. The Morgan fingerprint density at radius 3 is 2.89 bits per heavy atom. The number of rotatable bonds is 4. The molecule has 0 radical (unpaired) electrons. The van der Waals surface area contributed by atoms with Gasteiger partial charge in [-0.25, -0.2) is 4.99 Å². The number of amidine groups is 1. The molecule has 0 fully saturated rings. The summed E-state index contributed by atoms with van der Waals surface area (Å²) in [5.41, 5.74) is 8.24. The maximum Gasteiger partial charge on any atom is 0.131 e. The van der Waals surface area contributed by atoms with Crippen molar-refractivity contribution in [3.63, 3.8) is 0 Å². The minimum Gasteiger partial charge on any atom is -0.392 e. The van der Waals surface area contributed by atoms with Crippen molar-refractivity contribution in [2.75, 3.05) is 12.4 Å². The number of hydrogen-bond donors (Lipinski definition) is 4. The Bertz CT molecular complexity index is 560. The average molecular weight is 244 g/mol.